The first-order valence-electron chi connectivity index (χ1n) is 8.25. The van der Waals surface area contributed by atoms with Gasteiger partial charge in [-0.1, -0.05) is 73.5 Å². The molecule has 1 saturated heterocycles. The number of hydrogen-bond acceptors (Lipinski definition) is 1. The topological polar surface area (TPSA) is 12.0 Å². The molecule has 2 aliphatic rings. The second-order valence-corrected chi connectivity index (χ2v) is 6.67. The smallest absolute Gasteiger partial charge is 0.0331 e. The largest absolute Gasteiger partial charge is 0.304 e. The highest BCUT2D eigenvalue weighted by atomic mass is 15.1. The minimum absolute atomic E-state index is 0.335. The molecular formula is C20H23N. The van der Waals surface area contributed by atoms with E-state index in [2.05, 4.69) is 66.0 Å². The summed E-state index contributed by atoms with van der Waals surface area (Å²) in [7, 11) is 0. The molecule has 21 heavy (non-hydrogen) atoms. The lowest BCUT2D eigenvalue weighted by molar-refractivity contribution is 0.336. The van der Waals surface area contributed by atoms with E-state index in [9.17, 15) is 0 Å². The van der Waals surface area contributed by atoms with Crippen LogP contribution in [0, 0.1) is 0 Å². The summed E-state index contributed by atoms with van der Waals surface area (Å²) in [6.07, 6.45) is 6.63. The first-order chi connectivity index (χ1) is 10.4. The van der Waals surface area contributed by atoms with E-state index in [-0.39, 0.29) is 0 Å². The zero-order valence-corrected chi connectivity index (χ0v) is 12.5. The lowest BCUT2D eigenvalue weighted by Crippen LogP contribution is -2.41. The first-order valence-corrected chi connectivity index (χ1v) is 8.25. The molecule has 2 aromatic carbocycles. The summed E-state index contributed by atoms with van der Waals surface area (Å²) in [6.45, 7) is 0. The van der Waals surface area contributed by atoms with Crippen molar-refractivity contribution < 1.29 is 0 Å². The Labute approximate surface area is 127 Å². The van der Waals surface area contributed by atoms with E-state index in [4.69, 9.17) is 0 Å². The molecule has 1 nitrogen and oxygen atoms in total. The van der Waals surface area contributed by atoms with Crippen LogP contribution in [0.4, 0.5) is 0 Å². The number of hydrogen-bond donors (Lipinski definition) is 1. The third-order valence-electron chi connectivity index (χ3n) is 5.50. The van der Waals surface area contributed by atoms with Gasteiger partial charge in [-0.15, -0.1) is 0 Å². The van der Waals surface area contributed by atoms with Crippen LogP contribution in [0.1, 0.15) is 55.2 Å². The van der Waals surface area contributed by atoms with Gasteiger partial charge >= 0.3 is 0 Å². The molecule has 2 atom stereocenters. The van der Waals surface area contributed by atoms with Gasteiger partial charge in [0.05, 0.1) is 0 Å². The maximum Gasteiger partial charge on any atom is 0.0331 e. The van der Waals surface area contributed by atoms with Crippen LogP contribution in [0.5, 0.6) is 0 Å². The van der Waals surface area contributed by atoms with E-state index in [1.807, 2.05) is 0 Å². The Kier molecular flexibility index (Phi) is 3.31. The summed E-state index contributed by atoms with van der Waals surface area (Å²) in [4.78, 5) is 0. The van der Waals surface area contributed by atoms with Crippen LogP contribution in [0.25, 0.3) is 0 Å². The Hall–Kier alpha value is -1.60. The minimum atomic E-state index is 0.335. The number of benzene rings is 2. The third kappa shape index (κ3) is 2.30. The van der Waals surface area contributed by atoms with Gasteiger partial charge in [0.1, 0.15) is 0 Å². The van der Waals surface area contributed by atoms with Gasteiger partial charge in [-0.2, -0.15) is 0 Å². The Morgan fingerprint density at radius 3 is 1.95 bits per heavy atom. The Morgan fingerprint density at radius 2 is 1.33 bits per heavy atom. The summed E-state index contributed by atoms with van der Waals surface area (Å²) in [5.74, 6) is 0.659. The van der Waals surface area contributed by atoms with Gasteiger partial charge in [0.15, 0.2) is 0 Å². The lowest BCUT2D eigenvalue weighted by Gasteiger charge is -2.32. The van der Waals surface area contributed by atoms with Crippen molar-refractivity contribution in [1.29, 1.82) is 0 Å². The molecular weight excluding hydrogens is 254 g/mol. The van der Waals surface area contributed by atoms with Crippen molar-refractivity contribution in [1.82, 2.24) is 5.32 Å². The molecule has 4 rings (SSSR count). The van der Waals surface area contributed by atoms with Crippen molar-refractivity contribution >= 4 is 0 Å². The second kappa shape index (κ2) is 5.31. The fourth-order valence-corrected chi connectivity index (χ4v) is 4.51. The lowest BCUT2D eigenvalue weighted by atomic mass is 9.79. The average Bonchev–Trinajstić information content (AvgIpc) is 3.17. The SMILES string of the molecule is c1ccc(C2CC(c3ccccc3)C3(CCCC3)N2)cc1. The highest BCUT2D eigenvalue weighted by molar-refractivity contribution is 5.31. The van der Waals surface area contributed by atoms with Crippen LogP contribution < -0.4 is 5.32 Å². The number of rotatable bonds is 2. The Bertz CT molecular complexity index is 584. The molecule has 0 radical (unpaired) electrons. The van der Waals surface area contributed by atoms with Crippen molar-refractivity contribution in [3.05, 3.63) is 71.8 Å². The molecule has 1 aliphatic carbocycles. The molecule has 2 fully saturated rings. The fraction of sp³-hybridized carbons (Fsp3) is 0.400. The molecule has 1 heterocycles. The van der Waals surface area contributed by atoms with Crippen LogP contribution in [-0.4, -0.2) is 5.54 Å². The van der Waals surface area contributed by atoms with Gasteiger partial charge in [-0.05, 0) is 30.4 Å². The normalized spacial score (nSPS) is 27.2. The van der Waals surface area contributed by atoms with E-state index < -0.39 is 0 Å². The molecule has 2 aromatic rings. The quantitative estimate of drug-likeness (QED) is 0.830. The van der Waals surface area contributed by atoms with Crippen LogP contribution in [0.2, 0.25) is 0 Å². The summed E-state index contributed by atoms with van der Waals surface area (Å²) in [5, 5.41) is 4.03. The van der Waals surface area contributed by atoms with Crippen molar-refractivity contribution in [2.45, 2.75) is 49.6 Å². The predicted molar refractivity (Wildman–Crippen MR) is 87.3 cm³/mol. The molecule has 2 unspecified atom stereocenters. The second-order valence-electron chi connectivity index (χ2n) is 6.67. The highest BCUT2D eigenvalue weighted by Gasteiger charge is 2.48. The molecule has 0 amide bonds. The Balaban J connectivity index is 1.68. The number of nitrogens with one attached hydrogen (secondary N) is 1. The molecule has 0 bridgehead atoms. The molecule has 0 aromatic heterocycles. The van der Waals surface area contributed by atoms with Crippen LogP contribution in [0.3, 0.4) is 0 Å². The van der Waals surface area contributed by atoms with E-state index in [1.165, 1.54) is 43.2 Å². The van der Waals surface area contributed by atoms with E-state index in [0.29, 0.717) is 17.5 Å². The summed E-state index contributed by atoms with van der Waals surface area (Å²) in [5.41, 5.74) is 3.30. The predicted octanol–water partition coefficient (Wildman–Crippen LogP) is 4.82. The van der Waals surface area contributed by atoms with Gasteiger partial charge in [0.2, 0.25) is 0 Å². The average molecular weight is 277 g/mol. The van der Waals surface area contributed by atoms with Gasteiger partial charge in [0.25, 0.3) is 0 Å². The summed E-state index contributed by atoms with van der Waals surface area (Å²) >= 11 is 0. The summed E-state index contributed by atoms with van der Waals surface area (Å²) in [6, 6.07) is 22.6. The van der Waals surface area contributed by atoms with Crippen LogP contribution >= 0.6 is 0 Å². The first kappa shape index (κ1) is 13.1. The molecule has 1 aliphatic heterocycles. The fourth-order valence-electron chi connectivity index (χ4n) is 4.51. The summed E-state index contributed by atoms with van der Waals surface area (Å²) < 4.78 is 0. The monoisotopic (exact) mass is 277 g/mol. The third-order valence-corrected chi connectivity index (χ3v) is 5.50. The zero-order valence-electron chi connectivity index (χ0n) is 12.5. The van der Waals surface area contributed by atoms with E-state index in [1.54, 1.807) is 0 Å². The molecule has 1 heteroatoms. The minimum Gasteiger partial charge on any atom is -0.304 e. The van der Waals surface area contributed by atoms with Crippen molar-refractivity contribution in [2.75, 3.05) is 0 Å². The van der Waals surface area contributed by atoms with Gasteiger partial charge in [0, 0.05) is 17.5 Å². The highest BCUT2D eigenvalue weighted by Crippen LogP contribution is 2.51. The van der Waals surface area contributed by atoms with Gasteiger partial charge < -0.3 is 5.32 Å². The zero-order chi connectivity index (χ0) is 14.1. The van der Waals surface area contributed by atoms with Gasteiger partial charge in [-0.3, -0.25) is 0 Å². The molecule has 108 valence electrons. The standard InChI is InChI=1S/C20H23N/c1-3-9-16(10-4-1)18-15-19(17-11-5-2-6-12-17)21-20(18)13-7-8-14-20/h1-6,9-12,18-19,21H,7-8,13-15H2. The maximum atomic E-state index is 4.03. The molecule has 1 spiro atoms. The molecule has 1 N–H and O–H groups in total. The van der Waals surface area contributed by atoms with Crippen LogP contribution in [0.15, 0.2) is 60.7 Å². The van der Waals surface area contributed by atoms with Crippen molar-refractivity contribution in [3.63, 3.8) is 0 Å². The van der Waals surface area contributed by atoms with Crippen LogP contribution in [-0.2, 0) is 0 Å². The van der Waals surface area contributed by atoms with E-state index >= 15 is 0 Å². The maximum absolute atomic E-state index is 4.03. The van der Waals surface area contributed by atoms with E-state index in [0.717, 1.165) is 0 Å². The van der Waals surface area contributed by atoms with Gasteiger partial charge in [-0.25, -0.2) is 0 Å². The molecule has 1 saturated carbocycles. The Morgan fingerprint density at radius 1 is 0.762 bits per heavy atom. The van der Waals surface area contributed by atoms with Crippen molar-refractivity contribution in [3.8, 4) is 0 Å². The van der Waals surface area contributed by atoms with Crippen molar-refractivity contribution in [2.24, 2.45) is 0 Å².